The molecule has 0 amide bonds. The summed E-state index contributed by atoms with van der Waals surface area (Å²) in [7, 11) is 0. The Morgan fingerprint density at radius 3 is 1.25 bits per heavy atom. The standard InChI is InChI=1S/C16H22N4/c1-5-11(6-2)15-16(12(7-3)8-4)20-14(10-18)13(9-17)19-15/h11-12H,5-8H2,1-4H3. The quantitative estimate of drug-likeness (QED) is 0.782. The topological polar surface area (TPSA) is 73.4 Å². The first kappa shape index (κ1) is 16.1. The summed E-state index contributed by atoms with van der Waals surface area (Å²) < 4.78 is 0. The highest BCUT2D eigenvalue weighted by Crippen LogP contribution is 2.31. The zero-order chi connectivity index (χ0) is 15.1. The summed E-state index contributed by atoms with van der Waals surface area (Å²) in [5.41, 5.74) is 2.15. The number of nitriles is 2. The molecule has 0 atom stereocenters. The third-order valence-electron chi connectivity index (χ3n) is 3.91. The van der Waals surface area contributed by atoms with E-state index in [1.54, 1.807) is 0 Å². The molecule has 0 aliphatic rings. The molecule has 0 saturated carbocycles. The molecule has 0 N–H and O–H groups in total. The van der Waals surface area contributed by atoms with Crippen molar-refractivity contribution in [1.29, 1.82) is 10.5 Å². The van der Waals surface area contributed by atoms with Crippen molar-refractivity contribution in [3.8, 4) is 12.1 Å². The third kappa shape index (κ3) is 3.14. The smallest absolute Gasteiger partial charge is 0.177 e. The van der Waals surface area contributed by atoms with Crippen molar-refractivity contribution in [3.63, 3.8) is 0 Å². The first-order valence-electron chi connectivity index (χ1n) is 7.38. The van der Waals surface area contributed by atoms with E-state index in [1.807, 2.05) is 12.1 Å². The number of hydrogen-bond acceptors (Lipinski definition) is 4. The predicted octanol–water partition coefficient (Wildman–Crippen LogP) is 4.03. The van der Waals surface area contributed by atoms with Crippen LogP contribution in [-0.2, 0) is 0 Å². The van der Waals surface area contributed by atoms with Crippen LogP contribution in [0, 0.1) is 22.7 Å². The average molecular weight is 270 g/mol. The van der Waals surface area contributed by atoms with Gasteiger partial charge in [0.1, 0.15) is 12.1 Å². The van der Waals surface area contributed by atoms with Gasteiger partial charge in [0.25, 0.3) is 0 Å². The molecule has 0 bridgehead atoms. The fraction of sp³-hybridized carbons (Fsp3) is 0.625. The second-order valence-electron chi connectivity index (χ2n) is 4.94. The Balaban J connectivity index is 3.53. The minimum Gasteiger partial charge on any atom is -0.237 e. The fourth-order valence-corrected chi connectivity index (χ4v) is 2.57. The first-order chi connectivity index (χ1) is 9.66. The van der Waals surface area contributed by atoms with Gasteiger partial charge in [-0.15, -0.1) is 0 Å². The summed E-state index contributed by atoms with van der Waals surface area (Å²) in [4.78, 5) is 8.95. The molecule has 0 radical (unpaired) electrons. The van der Waals surface area contributed by atoms with Crippen LogP contribution in [0.4, 0.5) is 0 Å². The Bertz CT molecular complexity index is 480. The first-order valence-corrected chi connectivity index (χ1v) is 7.38. The van der Waals surface area contributed by atoms with Gasteiger partial charge < -0.3 is 0 Å². The van der Waals surface area contributed by atoms with Gasteiger partial charge in [0.2, 0.25) is 0 Å². The monoisotopic (exact) mass is 270 g/mol. The summed E-state index contributed by atoms with van der Waals surface area (Å²) >= 11 is 0. The lowest BCUT2D eigenvalue weighted by molar-refractivity contribution is 0.561. The maximum Gasteiger partial charge on any atom is 0.177 e. The molecule has 0 saturated heterocycles. The highest BCUT2D eigenvalue weighted by atomic mass is 14.9. The van der Waals surface area contributed by atoms with E-state index in [0.29, 0.717) is 11.8 Å². The van der Waals surface area contributed by atoms with Gasteiger partial charge >= 0.3 is 0 Å². The number of rotatable bonds is 6. The van der Waals surface area contributed by atoms with E-state index in [4.69, 9.17) is 10.5 Å². The van der Waals surface area contributed by atoms with Crippen molar-refractivity contribution < 1.29 is 0 Å². The Kier molecular flexibility index (Phi) is 6.12. The van der Waals surface area contributed by atoms with Crippen LogP contribution in [0.15, 0.2) is 0 Å². The van der Waals surface area contributed by atoms with E-state index < -0.39 is 0 Å². The van der Waals surface area contributed by atoms with Crippen LogP contribution in [0.25, 0.3) is 0 Å². The summed E-state index contributed by atoms with van der Waals surface area (Å²) in [6.45, 7) is 8.49. The fourth-order valence-electron chi connectivity index (χ4n) is 2.57. The van der Waals surface area contributed by atoms with Crippen LogP contribution in [-0.4, -0.2) is 9.97 Å². The van der Waals surface area contributed by atoms with Crippen LogP contribution in [0.3, 0.4) is 0 Å². The molecule has 0 unspecified atom stereocenters. The van der Waals surface area contributed by atoms with Gasteiger partial charge in [0, 0.05) is 11.8 Å². The molecule has 0 aromatic carbocycles. The van der Waals surface area contributed by atoms with Crippen LogP contribution >= 0.6 is 0 Å². The zero-order valence-electron chi connectivity index (χ0n) is 12.8. The summed E-state index contributed by atoms with van der Waals surface area (Å²) in [5, 5.41) is 18.3. The number of hydrogen-bond donors (Lipinski definition) is 0. The number of aromatic nitrogens is 2. The zero-order valence-corrected chi connectivity index (χ0v) is 12.8. The molecule has 1 heterocycles. The van der Waals surface area contributed by atoms with Gasteiger partial charge in [-0.3, -0.25) is 0 Å². The third-order valence-corrected chi connectivity index (χ3v) is 3.91. The van der Waals surface area contributed by atoms with Crippen molar-refractivity contribution in [3.05, 3.63) is 22.8 Å². The van der Waals surface area contributed by atoms with E-state index in [9.17, 15) is 0 Å². The van der Waals surface area contributed by atoms with Crippen molar-refractivity contribution >= 4 is 0 Å². The Morgan fingerprint density at radius 2 is 1.05 bits per heavy atom. The van der Waals surface area contributed by atoms with Crippen LogP contribution < -0.4 is 0 Å². The van der Waals surface area contributed by atoms with Gasteiger partial charge in [-0.25, -0.2) is 9.97 Å². The molecule has 106 valence electrons. The molecular weight excluding hydrogens is 248 g/mol. The largest absolute Gasteiger partial charge is 0.237 e. The Labute approximate surface area is 121 Å². The van der Waals surface area contributed by atoms with Crippen molar-refractivity contribution in [2.24, 2.45) is 0 Å². The van der Waals surface area contributed by atoms with Crippen LogP contribution in [0.5, 0.6) is 0 Å². The SMILES string of the molecule is CCC(CC)c1nc(C#N)c(C#N)nc1C(CC)CC. The lowest BCUT2D eigenvalue weighted by Gasteiger charge is -2.21. The van der Waals surface area contributed by atoms with Crippen LogP contribution in [0.1, 0.15) is 88.0 Å². The van der Waals surface area contributed by atoms with E-state index >= 15 is 0 Å². The highest BCUT2D eigenvalue weighted by molar-refractivity contribution is 5.39. The van der Waals surface area contributed by atoms with Gasteiger partial charge in [-0.05, 0) is 25.7 Å². The molecular formula is C16H22N4. The second kappa shape index (κ2) is 7.60. The molecule has 20 heavy (non-hydrogen) atoms. The minimum atomic E-state index is 0.157. The molecule has 1 rings (SSSR count). The minimum absolute atomic E-state index is 0.157. The summed E-state index contributed by atoms with van der Waals surface area (Å²) in [6.07, 6.45) is 3.87. The van der Waals surface area contributed by atoms with Crippen LogP contribution in [0.2, 0.25) is 0 Å². The van der Waals surface area contributed by atoms with Gasteiger partial charge in [-0.2, -0.15) is 10.5 Å². The molecule has 4 heteroatoms. The Hall–Kier alpha value is -1.94. The van der Waals surface area contributed by atoms with Gasteiger partial charge in [0.15, 0.2) is 11.4 Å². The molecule has 0 spiro atoms. The molecule has 0 aliphatic carbocycles. The highest BCUT2D eigenvalue weighted by Gasteiger charge is 2.23. The normalized spacial score (nSPS) is 10.6. The second-order valence-corrected chi connectivity index (χ2v) is 4.94. The average Bonchev–Trinajstić information content (AvgIpc) is 2.50. The molecule has 0 fully saturated rings. The van der Waals surface area contributed by atoms with Crippen molar-refractivity contribution in [2.75, 3.05) is 0 Å². The predicted molar refractivity (Wildman–Crippen MR) is 78.1 cm³/mol. The summed E-state index contributed by atoms with van der Waals surface area (Å²) in [5.74, 6) is 0.607. The van der Waals surface area contributed by atoms with E-state index in [1.165, 1.54) is 0 Å². The molecule has 0 aliphatic heterocycles. The Morgan fingerprint density at radius 1 is 0.750 bits per heavy atom. The van der Waals surface area contributed by atoms with E-state index in [2.05, 4.69) is 37.7 Å². The lowest BCUT2D eigenvalue weighted by Crippen LogP contribution is -2.13. The number of nitrogens with zero attached hydrogens (tertiary/aromatic N) is 4. The molecule has 1 aromatic rings. The maximum absolute atomic E-state index is 9.14. The molecule has 4 nitrogen and oxygen atoms in total. The van der Waals surface area contributed by atoms with E-state index in [0.717, 1.165) is 37.1 Å². The summed E-state index contributed by atoms with van der Waals surface area (Å²) in [6, 6.07) is 3.99. The molecule has 1 aromatic heterocycles. The maximum atomic E-state index is 9.14. The van der Waals surface area contributed by atoms with Gasteiger partial charge in [-0.1, -0.05) is 27.7 Å². The van der Waals surface area contributed by atoms with E-state index in [-0.39, 0.29) is 11.4 Å². The van der Waals surface area contributed by atoms with Crippen molar-refractivity contribution in [1.82, 2.24) is 9.97 Å². The van der Waals surface area contributed by atoms with Crippen molar-refractivity contribution in [2.45, 2.75) is 65.2 Å². The van der Waals surface area contributed by atoms with Gasteiger partial charge in [0.05, 0.1) is 11.4 Å². The lowest BCUT2D eigenvalue weighted by atomic mass is 9.89.